The minimum absolute atomic E-state index is 0.402. The van der Waals surface area contributed by atoms with Crippen LogP contribution in [-0.4, -0.2) is 5.97 Å². The number of esters is 1. The van der Waals surface area contributed by atoms with E-state index in [0.29, 0.717) is 0 Å². The van der Waals surface area contributed by atoms with Crippen LogP contribution in [0.2, 0.25) is 0 Å². The summed E-state index contributed by atoms with van der Waals surface area (Å²) in [5.41, 5.74) is 1.79. The van der Waals surface area contributed by atoms with E-state index in [9.17, 15) is 4.79 Å². The fourth-order valence-electron chi connectivity index (χ4n) is 0.985. The largest absolute Gasteiger partial charge is 0.431 e. The molecule has 0 N–H and O–H groups in total. The first-order chi connectivity index (χ1) is 7.68. The number of hydrogen-bond donors (Lipinski definition) is 0. The predicted molar refractivity (Wildman–Crippen MR) is 65.5 cm³/mol. The molecule has 0 radical (unpaired) electrons. The minimum atomic E-state index is -0.402. The Bertz CT molecular complexity index is 414. The molecule has 0 amide bonds. The van der Waals surface area contributed by atoms with E-state index in [1.54, 1.807) is 12.2 Å². The summed E-state index contributed by atoms with van der Waals surface area (Å²) in [4.78, 5) is 11.2. The van der Waals surface area contributed by atoms with Gasteiger partial charge in [0.25, 0.3) is 0 Å². The second-order valence-corrected chi connectivity index (χ2v) is 3.33. The maximum atomic E-state index is 11.2. The summed E-state index contributed by atoms with van der Waals surface area (Å²) >= 11 is 0. The molecule has 0 fully saturated rings. The van der Waals surface area contributed by atoms with Crippen molar-refractivity contribution < 1.29 is 9.53 Å². The highest BCUT2D eigenvalue weighted by Gasteiger charge is 1.92. The van der Waals surface area contributed by atoms with Gasteiger partial charge < -0.3 is 4.74 Å². The Balaban J connectivity index is 2.46. The predicted octanol–water partition coefficient (Wildman–Crippen LogP) is 3.33. The SMILES string of the molecule is C=C(C)/C=C\OC(=O)/C=C/c1ccccc1. The molecule has 0 spiro atoms. The van der Waals surface area contributed by atoms with E-state index >= 15 is 0 Å². The van der Waals surface area contributed by atoms with Crippen LogP contribution in [0.3, 0.4) is 0 Å². The highest BCUT2D eigenvalue weighted by atomic mass is 16.5. The van der Waals surface area contributed by atoms with Crippen molar-refractivity contribution >= 4 is 12.0 Å². The van der Waals surface area contributed by atoms with Gasteiger partial charge in [0, 0.05) is 6.08 Å². The second-order valence-electron chi connectivity index (χ2n) is 3.33. The van der Waals surface area contributed by atoms with E-state index in [0.717, 1.165) is 11.1 Å². The molecule has 0 unspecified atom stereocenters. The van der Waals surface area contributed by atoms with Gasteiger partial charge in [-0.05, 0) is 24.6 Å². The molecule has 1 rings (SSSR count). The minimum Gasteiger partial charge on any atom is -0.431 e. The van der Waals surface area contributed by atoms with Gasteiger partial charge in [0.2, 0.25) is 0 Å². The standard InChI is InChI=1S/C14H14O2/c1-12(2)10-11-16-14(15)9-8-13-6-4-3-5-7-13/h3-11H,1H2,2H3/b9-8+,11-10-. The van der Waals surface area contributed by atoms with Crippen molar-refractivity contribution in [3.8, 4) is 0 Å². The van der Waals surface area contributed by atoms with Crippen molar-refractivity contribution in [2.45, 2.75) is 6.92 Å². The maximum absolute atomic E-state index is 11.2. The second kappa shape index (κ2) is 6.40. The van der Waals surface area contributed by atoms with E-state index in [4.69, 9.17) is 4.74 Å². The lowest BCUT2D eigenvalue weighted by Gasteiger charge is -1.93. The van der Waals surface area contributed by atoms with Crippen LogP contribution < -0.4 is 0 Å². The average Bonchev–Trinajstić information content (AvgIpc) is 2.27. The molecule has 1 aromatic carbocycles. The number of carbonyl (C=O) groups excluding carboxylic acids is 1. The van der Waals surface area contributed by atoms with Crippen LogP contribution in [-0.2, 0) is 9.53 Å². The Kier molecular flexibility index (Phi) is 4.80. The van der Waals surface area contributed by atoms with Gasteiger partial charge in [0.05, 0.1) is 6.26 Å². The van der Waals surface area contributed by atoms with Crippen molar-refractivity contribution in [1.29, 1.82) is 0 Å². The lowest BCUT2D eigenvalue weighted by molar-refractivity contribution is -0.132. The third-order valence-corrected chi connectivity index (χ3v) is 1.75. The van der Waals surface area contributed by atoms with Crippen molar-refractivity contribution in [2.75, 3.05) is 0 Å². The number of ether oxygens (including phenoxy) is 1. The van der Waals surface area contributed by atoms with E-state index in [-0.39, 0.29) is 0 Å². The first kappa shape index (κ1) is 12.0. The summed E-state index contributed by atoms with van der Waals surface area (Å²) in [6, 6.07) is 9.56. The molecular weight excluding hydrogens is 200 g/mol. The van der Waals surface area contributed by atoms with Gasteiger partial charge in [-0.1, -0.05) is 42.5 Å². The van der Waals surface area contributed by atoms with Gasteiger partial charge in [0.15, 0.2) is 0 Å². The van der Waals surface area contributed by atoms with E-state index in [1.165, 1.54) is 12.3 Å². The zero-order chi connectivity index (χ0) is 11.8. The number of benzene rings is 1. The van der Waals surface area contributed by atoms with Crippen molar-refractivity contribution in [3.63, 3.8) is 0 Å². The van der Waals surface area contributed by atoms with Crippen LogP contribution in [0.4, 0.5) is 0 Å². The summed E-state index contributed by atoms with van der Waals surface area (Å²) in [5.74, 6) is -0.402. The smallest absolute Gasteiger partial charge is 0.335 e. The number of hydrogen-bond acceptors (Lipinski definition) is 2. The Labute approximate surface area is 95.6 Å². The van der Waals surface area contributed by atoms with Crippen LogP contribution >= 0.6 is 0 Å². The molecule has 82 valence electrons. The van der Waals surface area contributed by atoms with Gasteiger partial charge in [-0.2, -0.15) is 0 Å². The van der Waals surface area contributed by atoms with Crippen LogP contribution in [0, 0.1) is 0 Å². The fraction of sp³-hybridized carbons (Fsp3) is 0.0714. The van der Waals surface area contributed by atoms with Crippen molar-refractivity contribution in [2.24, 2.45) is 0 Å². The highest BCUT2D eigenvalue weighted by molar-refractivity contribution is 5.87. The molecule has 0 heterocycles. The van der Waals surface area contributed by atoms with Crippen LogP contribution in [0.5, 0.6) is 0 Å². The third-order valence-electron chi connectivity index (χ3n) is 1.75. The van der Waals surface area contributed by atoms with Crippen LogP contribution in [0.1, 0.15) is 12.5 Å². The number of carbonyl (C=O) groups is 1. The maximum Gasteiger partial charge on any atom is 0.335 e. The zero-order valence-corrected chi connectivity index (χ0v) is 9.22. The molecule has 0 atom stereocenters. The van der Waals surface area contributed by atoms with E-state index in [1.807, 2.05) is 37.3 Å². The monoisotopic (exact) mass is 214 g/mol. The first-order valence-corrected chi connectivity index (χ1v) is 4.94. The summed E-state index contributed by atoms with van der Waals surface area (Å²) in [5, 5.41) is 0. The Hall–Kier alpha value is -2.09. The van der Waals surface area contributed by atoms with Gasteiger partial charge >= 0.3 is 5.97 Å². The van der Waals surface area contributed by atoms with Crippen LogP contribution in [0.15, 0.2) is 60.9 Å². The summed E-state index contributed by atoms with van der Waals surface area (Å²) < 4.78 is 4.81. The average molecular weight is 214 g/mol. The van der Waals surface area contributed by atoms with Crippen molar-refractivity contribution in [1.82, 2.24) is 0 Å². The third kappa shape index (κ3) is 4.96. The normalized spacial score (nSPS) is 10.8. The number of rotatable bonds is 4. The van der Waals surface area contributed by atoms with Gasteiger partial charge in [-0.25, -0.2) is 4.79 Å². The summed E-state index contributed by atoms with van der Waals surface area (Å²) in [7, 11) is 0. The molecule has 0 bridgehead atoms. The molecule has 0 aromatic heterocycles. The molecule has 0 aliphatic heterocycles. The van der Waals surface area contributed by atoms with Gasteiger partial charge in [-0.15, -0.1) is 0 Å². The van der Waals surface area contributed by atoms with Gasteiger partial charge in [0.1, 0.15) is 0 Å². The van der Waals surface area contributed by atoms with Crippen molar-refractivity contribution in [3.05, 3.63) is 66.5 Å². The lowest BCUT2D eigenvalue weighted by atomic mass is 10.2. The fourth-order valence-corrected chi connectivity index (χ4v) is 0.985. The zero-order valence-electron chi connectivity index (χ0n) is 9.22. The quantitative estimate of drug-likeness (QED) is 0.332. The topological polar surface area (TPSA) is 26.3 Å². The molecule has 0 saturated carbocycles. The molecule has 16 heavy (non-hydrogen) atoms. The molecule has 2 heteroatoms. The molecular formula is C14H14O2. The first-order valence-electron chi connectivity index (χ1n) is 4.94. The molecule has 2 nitrogen and oxygen atoms in total. The number of allylic oxidation sites excluding steroid dienone is 2. The highest BCUT2D eigenvalue weighted by Crippen LogP contribution is 2.01. The van der Waals surface area contributed by atoms with E-state index in [2.05, 4.69) is 6.58 Å². The molecule has 1 aromatic rings. The molecule has 0 aliphatic carbocycles. The Morgan fingerprint density at radius 2 is 1.94 bits per heavy atom. The van der Waals surface area contributed by atoms with E-state index < -0.39 is 5.97 Å². The molecule has 0 aliphatic rings. The summed E-state index contributed by atoms with van der Waals surface area (Å²) in [6.45, 7) is 5.47. The van der Waals surface area contributed by atoms with Gasteiger partial charge in [-0.3, -0.25) is 0 Å². The summed E-state index contributed by atoms with van der Waals surface area (Å²) in [6.07, 6.45) is 6.06. The molecule has 0 saturated heterocycles. The lowest BCUT2D eigenvalue weighted by Crippen LogP contribution is -1.93. The Morgan fingerprint density at radius 1 is 1.25 bits per heavy atom. The van der Waals surface area contributed by atoms with Crippen LogP contribution in [0.25, 0.3) is 6.08 Å². The Morgan fingerprint density at radius 3 is 2.56 bits per heavy atom.